The number of aromatic nitrogens is 2. The van der Waals surface area contributed by atoms with Crippen LogP contribution in [0.5, 0.6) is 11.5 Å². The first-order chi connectivity index (χ1) is 10.0. The molecule has 1 aromatic carbocycles. The molecule has 0 atom stereocenters. The third-order valence-electron chi connectivity index (χ3n) is 2.91. The molecule has 8 nitrogen and oxygen atoms in total. The van der Waals surface area contributed by atoms with Gasteiger partial charge in [0.05, 0.1) is 19.1 Å². The van der Waals surface area contributed by atoms with Crippen LogP contribution in [0.1, 0.15) is 5.56 Å². The maximum Gasteiger partial charge on any atom is 0.330 e. The smallest absolute Gasteiger partial charge is 0.330 e. The molecule has 0 spiro atoms. The fourth-order valence-corrected chi connectivity index (χ4v) is 1.91. The van der Waals surface area contributed by atoms with Crippen molar-refractivity contribution in [2.24, 2.45) is 7.05 Å². The van der Waals surface area contributed by atoms with E-state index in [9.17, 15) is 10.1 Å². The topological polar surface area (TPSA) is 91.5 Å². The molecule has 1 heterocycles. The number of aryl methyl sites for hydroxylation is 1. The molecular weight excluding hydrogens is 276 g/mol. The van der Waals surface area contributed by atoms with Gasteiger partial charge >= 0.3 is 5.69 Å². The summed E-state index contributed by atoms with van der Waals surface area (Å²) in [5, 5.41) is 17.9. The second-order valence-electron chi connectivity index (χ2n) is 4.34. The molecule has 0 saturated heterocycles. The van der Waals surface area contributed by atoms with Crippen molar-refractivity contribution in [3.05, 3.63) is 40.1 Å². The Labute approximate surface area is 121 Å². The number of ether oxygens (including phenoxy) is 2. The third-order valence-corrected chi connectivity index (χ3v) is 2.91. The number of hydrogen-bond acceptors (Lipinski definition) is 6. The Morgan fingerprint density at radius 2 is 2.05 bits per heavy atom. The number of anilines is 1. The van der Waals surface area contributed by atoms with E-state index >= 15 is 0 Å². The number of nitrogens with zero attached hydrogens (tertiary/aromatic N) is 3. The van der Waals surface area contributed by atoms with Gasteiger partial charge in [0, 0.05) is 13.6 Å². The molecule has 0 aliphatic carbocycles. The first-order valence-electron chi connectivity index (χ1n) is 6.18. The summed E-state index contributed by atoms with van der Waals surface area (Å²) in [7, 11) is 4.75. The van der Waals surface area contributed by atoms with Crippen molar-refractivity contribution in [3.63, 3.8) is 0 Å². The van der Waals surface area contributed by atoms with Gasteiger partial charge in [0.1, 0.15) is 6.20 Å². The Bertz CT molecular complexity index is 654. The average Bonchev–Trinajstić information content (AvgIpc) is 2.86. The van der Waals surface area contributed by atoms with Crippen molar-refractivity contribution < 1.29 is 14.4 Å². The van der Waals surface area contributed by atoms with Gasteiger partial charge in [-0.3, -0.25) is 14.8 Å². The van der Waals surface area contributed by atoms with Gasteiger partial charge in [-0.25, -0.2) is 0 Å². The van der Waals surface area contributed by atoms with Gasteiger partial charge < -0.3 is 14.8 Å². The molecule has 0 amide bonds. The van der Waals surface area contributed by atoms with Gasteiger partial charge in [0.25, 0.3) is 0 Å². The van der Waals surface area contributed by atoms with Crippen molar-refractivity contribution >= 4 is 11.5 Å². The summed E-state index contributed by atoms with van der Waals surface area (Å²) in [4.78, 5) is 10.4. The summed E-state index contributed by atoms with van der Waals surface area (Å²) in [6, 6.07) is 5.44. The van der Waals surface area contributed by atoms with Gasteiger partial charge in [0.15, 0.2) is 11.5 Å². The minimum Gasteiger partial charge on any atom is -0.493 e. The number of nitrogens with one attached hydrogen (secondary N) is 1. The molecule has 0 fully saturated rings. The van der Waals surface area contributed by atoms with Gasteiger partial charge in [-0.15, -0.1) is 5.10 Å². The monoisotopic (exact) mass is 292 g/mol. The normalized spacial score (nSPS) is 10.2. The minimum atomic E-state index is -0.468. The maximum absolute atomic E-state index is 10.9. The van der Waals surface area contributed by atoms with E-state index in [1.165, 1.54) is 10.9 Å². The lowest BCUT2D eigenvalue weighted by molar-refractivity contribution is -0.384. The SMILES string of the molecule is COc1ccc(CNc2nn(C)cc2[N+](=O)[O-])cc1OC. The Balaban J connectivity index is 2.15. The van der Waals surface area contributed by atoms with Crippen LogP contribution in [-0.4, -0.2) is 28.9 Å². The lowest BCUT2D eigenvalue weighted by atomic mass is 10.2. The quantitative estimate of drug-likeness (QED) is 0.646. The molecular formula is C13H16N4O4. The number of benzene rings is 1. The van der Waals surface area contributed by atoms with Crippen LogP contribution in [0.4, 0.5) is 11.5 Å². The van der Waals surface area contributed by atoms with E-state index in [-0.39, 0.29) is 11.5 Å². The van der Waals surface area contributed by atoms with Crippen LogP contribution in [0.3, 0.4) is 0 Å². The summed E-state index contributed by atoms with van der Waals surface area (Å²) >= 11 is 0. The summed E-state index contributed by atoms with van der Waals surface area (Å²) in [6.45, 7) is 0.387. The molecule has 0 aliphatic rings. The van der Waals surface area contributed by atoms with Crippen molar-refractivity contribution in [2.45, 2.75) is 6.54 Å². The van der Waals surface area contributed by atoms with Crippen LogP contribution in [0, 0.1) is 10.1 Å². The molecule has 0 bridgehead atoms. The minimum absolute atomic E-state index is 0.0574. The van der Waals surface area contributed by atoms with Crippen molar-refractivity contribution in [1.82, 2.24) is 9.78 Å². The maximum atomic E-state index is 10.9. The van der Waals surface area contributed by atoms with Crippen molar-refractivity contribution in [2.75, 3.05) is 19.5 Å². The molecule has 1 N–H and O–H groups in total. The van der Waals surface area contributed by atoms with E-state index in [0.717, 1.165) is 5.56 Å². The first kappa shape index (κ1) is 14.6. The second-order valence-corrected chi connectivity index (χ2v) is 4.34. The fraction of sp³-hybridized carbons (Fsp3) is 0.308. The second kappa shape index (κ2) is 6.12. The number of methoxy groups -OCH3 is 2. The zero-order chi connectivity index (χ0) is 15.4. The van der Waals surface area contributed by atoms with Crippen LogP contribution in [0.25, 0.3) is 0 Å². The highest BCUT2D eigenvalue weighted by Crippen LogP contribution is 2.28. The molecule has 2 aromatic rings. The average molecular weight is 292 g/mol. The highest BCUT2D eigenvalue weighted by molar-refractivity contribution is 5.55. The van der Waals surface area contributed by atoms with E-state index in [2.05, 4.69) is 10.4 Å². The molecule has 8 heteroatoms. The largest absolute Gasteiger partial charge is 0.493 e. The van der Waals surface area contributed by atoms with Crippen molar-refractivity contribution in [3.8, 4) is 11.5 Å². The fourth-order valence-electron chi connectivity index (χ4n) is 1.91. The lowest BCUT2D eigenvalue weighted by Crippen LogP contribution is -2.03. The Hall–Kier alpha value is -2.77. The van der Waals surface area contributed by atoms with E-state index in [1.807, 2.05) is 6.07 Å². The molecule has 1 aromatic heterocycles. The highest BCUT2D eigenvalue weighted by atomic mass is 16.6. The van der Waals surface area contributed by atoms with Crippen LogP contribution < -0.4 is 14.8 Å². The van der Waals surface area contributed by atoms with E-state index in [4.69, 9.17) is 9.47 Å². The number of nitro groups is 1. The Morgan fingerprint density at radius 3 is 2.67 bits per heavy atom. The van der Waals surface area contributed by atoms with Gasteiger partial charge in [-0.1, -0.05) is 6.07 Å². The van der Waals surface area contributed by atoms with Crippen LogP contribution in [-0.2, 0) is 13.6 Å². The molecule has 2 rings (SSSR count). The summed E-state index contributed by atoms with van der Waals surface area (Å²) < 4.78 is 11.8. The zero-order valence-corrected chi connectivity index (χ0v) is 12.0. The first-order valence-corrected chi connectivity index (χ1v) is 6.18. The van der Waals surface area contributed by atoms with Crippen LogP contribution in [0.15, 0.2) is 24.4 Å². The van der Waals surface area contributed by atoms with E-state index < -0.39 is 4.92 Å². The molecule has 21 heavy (non-hydrogen) atoms. The standard InChI is InChI=1S/C13H16N4O4/c1-16-8-10(17(18)19)13(15-16)14-7-9-4-5-11(20-2)12(6-9)21-3/h4-6,8H,7H2,1-3H3,(H,14,15). The molecule has 0 saturated carbocycles. The highest BCUT2D eigenvalue weighted by Gasteiger charge is 2.18. The van der Waals surface area contributed by atoms with E-state index in [1.54, 1.807) is 33.4 Å². The van der Waals surface area contributed by atoms with Crippen LogP contribution >= 0.6 is 0 Å². The molecule has 0 aliphatic heterocycles. The van der Waals surface area contributed by atoms with Gasteiger partial charge in [0.2, 0.25) is 5.82 Å². The summed E-state index contributed by atoms with van der Waals surface area (Å²) in [6.07, 6.45) is 1.36. The zero-order valence-electron chi connectivity index (χ0n) is 12.0. The van der Waals surface area contributed by atoms with Crippen LogP contribution in [0.2, 0.25) is 0 Å². The number of rotatable bonds is 6. The third kappa shape index (κ3) is 3.22. The molecule has 0 radical (unpaired) electrons. The van der Waals surface area contributed by atoms with Crippen molar-refractivity contribution in [1.29, 1.82) is 0 Å². The summed E-state index contributed by atoms with van der Waals surface area (Å²) in [5.74, 6) is 1.47. The molecule has 0 unspecified atom stereocenters. The Morgan fingerprint density at radius 1 is 1.33 bits per heavy atom. The number of hydrogen-bond donors (Lipinski definition) is 1. The molecule has 112 valence electrons. The van der Waals surface area contributed by atoms with Gasteiger partial charge in [-0.2, -0.15) is 0 Å². The lowest BCUT2D eigenvalue weighted by Gasteiger charge is -2.09. The predicted molar refractivity (Wildman–Crippen MR) is 76.7 cm³/mol. The predicted octanol–water partition coefficient (Wildman–Crippen LogP) is 1.96. The van der Waals surface area contributed by atoms with Gasteiger partial charge in [-0.05, 0) is 17.7 Å². The Kier molecular flexibility index (Phi) is 4.27. The summed E-state index contributed by atoms with van der Waals surface area (Å²) in [5.41, 5.74) is 0.838. The van der Waals surface area contributed by atoms with E-state index in [0.29, 0.717) is 18.0 Å².